The Morgan fingerprint density at radius 2 is 1.78 bits per heavy atom. The van der Waals surface area contributed by atoms with Crippen molar-refractivity contribution in [3.05, 3.63) is 65.2 Å². The number of hydrogen-bond acceptors (Lipinski definition) is 3. The molecule has 0 aromatic heterocycles. The summed E-state index contributed by atoms with van der Waals surface area (Å²) in [6.07, 6.45) is 0.806. The number of carbonyl (C=O) groups excluding carboxylic acids is 2. The number of rotatable bonds is 2. The van der Waals surface area contributed by atoms with Crippen molar-refractivity contribution in [1.29, 1.82) is 0 Å². The Morgan fingerprint density at radius 1 is 1.00 bits per heavy atom. The van der Waals surface area contributed by atoms with Crippen molar-refractivity contribution in [2.45, 2.75) is 19.4 Å². The molecule has 0 saturated carbocycles. The third-order valence-electron chi connectivity index (χ3n) is 5.63. The Morgan fingerprint density at radius 3 is 2.52 bits per heavy atom. The summed E-state index contributed by atoms with van der Waals surface area (Å²) in [7, 11) is 2.10. The molecule has 5 nitrogen and oxygen atoms in total. The molecule has 2 amide bonds. The first-order chi connectivity index (χ1) is 13.0. The van der Waals surface area contributed by atoms with Gasteiger partial charge in [-0.05, 0) is 42.8 Å². The fraction of sp³-hybridized carbons (Fsp3) is 0.364. The highest BCUT2D eigenvalue weighted by atomic mass is 16.2. The van der Waals surface area contributed by atoms with Crippen LogP contribution in [0.1, 0.15) is 34.5 Å². The molecule has 140 valence electrons. The summed E-state index contributed by atoms with van der Waals surface area (Å²) in [6.45, 7) is 4.70. The van der Waals surface area contributed by atoms with Crippen molar-refractivity contribution in [1.82, 2.24) is 9.80 Å². The lowest BCUT2D eigenvalue weighted by molar-refractivity contribution is -0.116. The zero-order valence-electron chi connectivity index (χ0n) is 15.9. The molecule has 2 aromatic rings. The Balaban J connectivity index is 1.62. The van der Waals surface area contributed by atoms with Crippen LogP contribution in [0, 0.1) is 0 Å². The second kappa shape index (κ2) is 7.16. The fourth-order valence-corrected chi connectivity index (χ4v) is 4.15. The van der Waals surface area contributed by atoms with Gasteiger partial charge in [0.05, 0.1) is 6.04 Å². The summed E-state index contributed by atoms with van der Waals surface area (Å²) in [5, 5.41) is 0. The van der Waals surface area contributed by atoms with Gasteiger partial charge in [-0.3, -0.25) is 9.59 Å². The molecule has 0 aliphatic carbocycles. The second-order valence-corrected chi connectivity index (χ2v) is 7.45. The summed E-state index contributed by atoms with van der Waals surface area (Å²) in [4.78, 5) is 31.1. The van der Waals surface area contributed by atoms with Crippen LogP contribution in [0.3, 0.4) is 0 Å². The largest absolute Gasteiger partial charge is 0.329 e. The zero-order valence-corrected chi connectivity index (χ0v) is 15.9. The molecule has 2 heterocycles. The van der Waals surface area contributed by atoms with E-state index in [1.54, 1.807) is 11.8 Å². The Bertz CT molecular complexity index is 865. The highest BCUT2D eigenvalue weighted by Crippen LogP contribution is 2.31. The van der Waals surface area contributed by atoms with E-state index in [0.29, 0.717) is 18.7 Å². The summed E-state index contributed by atoms with van der Waals surface area (Å²) < 4.78 is 0. The topological polar surface area (TPSA) is 43.9 Å². The number of amides is 2. The van der Waals surface area contributed by atoms with Crippen LogP contribution in [0.2, 0.25) is 0 Å². The fourth-order valence-electron chi connectivity index (χ4n) is 4.15. The molecule has 5 heteroatoms. The molecule has 1 saturated heterocycles. The van der Waals surface area contributed by atoms with Gasteiger partial charge in [0.25, 0.3) is 5.91 Å². The average molecular weight is 363 g/mol. The van der Waals surface area contributed by atoms with Crippen molar-refractivity contribution < 1.29 is 9.59 Å². The quantitative estimate of drug-likeness (QED) is 0.824. The number of fused-ring (bicyclic) bond motifs is 1. The zero-order chi connectivity index (χ0) is 19.0. The minimum atomic E-state index is 0.0519. The Labute approximate surface area is 160 Å². The average Bonchev–Trinajstić information content (AvgIpc) is 3.11. The minimum Gasteiger partial charge on any atom is -0.329 e. The van der Waals surface area contributed by atoms with Crippen molar-refractivity contribution in [2.75, 3.05) is 38.1 Å². The molecule has 1 unspecified atom stereocenters. The molecule has 0 radical (unpaired) electrons. The molecular formula is C22H25N3O2. The predicted molar refractivity (Wildman–Crippen MR) is 106 cm³/mol. The number of likely N-dealkylation sites (N-methyl/N-ethyl adjacent to an activating group) is 1. The van der Waals surface area contributed by atoms with Crippen molar-refractivity contribution in [3.8, 4) is 0 Å². The van der Waals surface area contributed by atoms with Crippen LogP contribution >= 0.6 is 0 Å². The molecule has 1 fully saturated rings. The first kappa shape index (κ1) is 17.7. The van der Waals surface area contributed by atoms with Crippen molar-refractivity contribution in [2.24, 2.45) is 0 Å². The molecule has 2 aromatic carbocycles. The van der Waals surface area contributed by atoms with Gasteiger partial charge in [0.2, 0.25) is 5.91 Å². The number of anilines is 1. The van der Waals surface area contributed by atoms with Crippen LogP contribution < -0.4 is 4.90 Å². The van der Waals surface area contributed by atoms with E-state index in [1.807, 2.05) is 41.3 Å². The maximum Gasteiger partial charge on any atom is 0.254 e. The summed E-state index contributed by atoms with van der Waals surface area (Å²) >= 11 is 0. The minimum absolute atomic E-state index is 0.0519. The van der Waals surface area contributed by atoms with Crippen LogP contribution in [0.25, 0.3) is 0 Å². The third kappa shape index (κ3) is 3.35. The van der Waals surface area contributed by atoms with Gasteiger partial charge in [-0.15, -0.1) is 0 Å². The number of benzene rings is 2. The molecular weight excluding hydrogens is 338 g/mol. The van der Waals surface area contributed by atoms with E-state index in [1.165, 1.54) is 5.56 Å². The molecule has 2 aliphatic heterocycles. The number of piperazine rings is 1. The molecule has 0 bridgehead atoms. The molecule has 0 spiro atoms. The standard InChI is InChI=1S/C22H25N3O2/c1-16(26)24-11-10-18-14-19(8-9-20(18)24)22(27)25-13-12-23(2)15-21(25)17-6-4-3-5-7-17/h3-9,14,21H,10-13,15H2,1-2H3. The third-order valence-corrected chi connectivity index (χ3v) is 5.63. The lowest BCUT2D eigenvalue weighted by Crippen LogP contribution is -2.49. The van der Waals surface area contributed by atoms with Gasteiger partial charge in [0.1, 0.15) is 0 Å². The van der Waals surface area contributed by atoms with E-state index in [2.05, 4.69) is 24.1 Å². The van der Waals surface area contributed by atoms with Gasteiger partial charge in [-0.2, -0.15) is 0 Å². The SMILES string of the molecule is CC(=O)N1CCc2cc(C(=O)N3CCN(C)CC3c3ccccc3)ccc21. The van der Waals surface area contributed by atoms with E-state index < -0.39 is 0 Å². The van der Waals surface area contributed by atoms with Gasteiger partial charge in [0, 0.05) is 44.4 Å². The van der Waals surface area contributed by atoms with Gasteiger partial charge in [0.15, 0.2) is 0 Å². The van der Waals surface area contributed by atoms with Crippen molar-refractivity contribution >= 4 is 17.5 Å². The highest BCUT2D eigenvalue weighted by Gasteiger charge is 2.31. The number of carbonyl (C=O) groups is 2. The molecule has 27 heavy (non-hydrogen) atoms. The van der Waals surface area contributed by atoms with Gasteiger partial charge in [-0.1, -0.05) is 30.3 Å². The van der Waals surface area contributed by atoms with E-state index in [9.17, 15) is 9.59 Å². The molecule has 1 atom stereocenters. The molecule has 4 rings (SSSR count). The number of nitrogens with zero attached hydrogens (tertiary/aromatic N) is 3. The van der Waals surface area contributed by atoms with Crippen LogP contribution in [0.5, 0.6) is 0 Å². The lowest BCUT2D eigenvalue weighted by atomic mass is 10.0. The molecule has 2 aliphatic rings. The second-order valence-electron chi connectivity index (χ2n) is 7.45. The van der Waals surface area contributed by atoms with E-state index in [4.69, 9.17) is 0 Å². The van der Waals surface area contributed by atoms with Gasteiger partial charge < -0.3 is 14.7 Å². The first-order valence-corrected chi connectivity index (χ1v) is 9.50. The van der Waals surface area contributed by atoms with Crippen LogP contribution in [0.4, 0.5) is 5.69 Å². The van der Waals surface area contributed by atoms with E-state index >= 15 is 0 Å². The van der Waals surface area contributed by atoms with Crippen LogP contribution in [0.15, 0.2) is 48.5 Å². The molecule has 0 N–H and O–H groups in total. The monoisotopic (exact) mass is 363 g/mol. The smallest absolute Gasteiger partial charge is 0.254 e. The lowest BCUT2D eigenvalue weighted by Gasteiger charge is -2.40. The maximum absolute atomic E-state index is 13.3. The van der Waals surface area contributed by atoms with E-state index in [-0.39, 0.29) is 17.9 Å². The van der Waals surface area contributed by atoms with Gasteiger partial charge >= 0.3 is 0 Å². The normalized spacial score (nSPS) is 19.9. The van der Waals surface area contributed by atoms with E-state index in [0.717, 1.165) is 30.8 Å². The first-order valence-electron chi connectivity index (χ1n) is 9.50. The van der Waals surface area contributed by atoms with Crippen LogP contribution in [-0.4, -0.2) is 54.8 Å². The predicted octanol–water partition coefficient (Wildman–Crippen LogP) is 2.72. The highest BCUT2D eigenvalue weighted by molar-refractivity contribution is 5.98. The van der Waals surface area contributed by atoms with Crippen molar-refractivity contribution in [3.63, 3.8) is 0 Å². The Kier molecular flexibility index (Phi) is 4.70. The maximum atomic E-state index is 13.3. The summed E-state index contributed by atoms with van der Waals surface area (Å²) in [5.41, 5.74) is 3.91. The van der Waals surface area contributed by atoms with Gasteiger partial charge in [-0.25, -0.2) is 0 Å². The van der Waals surface area contributed by atoms with Crippen LogP contribution in [-0.2, 0) is 11.2 Å². The Hall–Kier alpha value is -2.66. The summed E-state index contributed by atoms with van der Waals surface area (Å²) in [5.74, 6) is 0.122. The number of hydrogen-bond donors (Lipinski definition) is 0. The summed E-state index contributed by atoms with van der Waals surface area (Å²) in [6, 6.07) is 16.1.